The van der Waals surface area contributed by atoms with Crippen LogP contribution in [-0.2, 0) is 4.79 Å². The lowest BCUT2D eigenvalue weighted by molar-refractivity contribution is -0.113. The Labute approximate surface area is 172 Å². The van der Waals surface area contributed by atoms with E-state index in [1.807, 2.05) is 62.4 Å². The molecule has 6 nitrogen and oxygen atoms in total. The third-order valence-electron chi connectivity index (χ3n) is 4.11. The molecule has 0 N–H and O–H groups in total. The zero-order valence-electron chi connectivity index (χ0n) is 16.0. The molecule has 1 aliphatic heterocycles. The fourth-order valence-corrected chi connectivity index (χ4v) is 3.78. The number of carbonyl (C=O) groups excluding carboxylic acids is 1. The molecule has 0 unspecified atom stereocenters. The quantitative estimate of drug-likeness (QED) is 0.547. The van der Waals surface area contributed by atoms with Crippen LogP contribution in [0.25, 0.3) is 6.08 Å². The molecule has 1 fully saturated rings. The van der Waals surface area contributed by atoms with Gasteiger partial charge in [0.05, 0.1) is 17.2 Å². The first-order valence-electron chi connectivity index (χ1n) is 9.17. The van der Waals surface area contributed by atoms with Gasteiger partial charge in [-0.3, -0.25) is 9.69 Å². The summed E-state index contributed by atoms with van der Waals surface area (Å²) in [4.78, 5) is 24.1. The number of rotatable bonds is 5. The number of amidine groups is 1. The third kappa shape index (κ3) is 4.25. The molecule has 2 aromatic heterocycles. The Hall–Kier alpha value is -3.32. The van der Waals surface area contributed by atoms with Crippen molar-refractivity contribution in [2.75, 3.05) is 11.5 Å². The number of nitrogens with zero attached hydrogens (tertiary/aromatic N) is 3. The number of hydrogen-bond acceptors (Lipinski definition) is 6. The second-order valence-electron chi connectivity index (χ2n) is 6.21. The number of benzene rings is 1. The highest BCUT2D eigenvalue weighted by molar-refractivity contribution is 8.19. The standard InChI is InChI=1S/C22H19N3O3S/c1-3-27-17-11-8-16(9-12-17)25-21(26)19(14-18-10-7-15(2)28-18)29-22(25)24-20-6-4-5-13-23-20/h4-14H,3H2,1-2H3/b19-14-,24-22-. The minimum absolute atomic E-state index is 0.164. The summed E-state index contributed by atoms with van der Waals surface area (Å²) in [5.41, 5.74) is 0.708. The van der Waals surface area contributed by atoms with Crippen molar-refractivity contribution in [1.29, 1.82) is 0 Å². The molecule has 1 aliphatic rings. The summed E-state index contributed by atoms with van der Waals surface area (Å²) in [5, 5.41) is 0.535. The van der Waals surface area contributed by atoms with Gasteiger partial charge in [-0.05, 0) is 74.1 Å². The zero-order chi connectivity index (χ0) is 20.2. The van der Waals surface area contributed by atoms with E-state index < -0.39 is 0 Å². The number of hydrogen-bond donors (Lipinski definition) is 0. The summed E-state index contributed by atoms with van der Waals surface area (Å²) in [5.74, 6) is 2.54. The van der Waals surface area contributed by atoms with E-state index in [0.717, 1.165) is 11.5 Å². The predicted molar refractivity (Wildman–Crippen MR) is 115 cm³/mol. The highest BCUT2D eigenvalue weighted by Gasteiger charge is 2.35. The number of aliphatic imine (C=N–C) groups is 1. The smallest absolute Gasteiger partial charge is 0.271 e. The van der Waals surface area contributed by atoms with Gasteiger partial charge in [-0.25, -0.2) is 9.98 Å². The average molecular weight is 405 g/mol. The van der Waals surface area contributed by atoms with Crippen LogP contribution in [0.1, 0.15) is 18.4 Å². The van der Waals surface area contributed by atoms with Crippen molar-refractivity contribution in [3.8, 4) is 5.75 Å². The third-order valence-corrected chi connectivity index (χ3v) is 5.08. The van der Waals surface area contributed by atoms with Crippen LogP contribution in [0.3, 0.4) is 0 Å². The molecule has 0 saturated carbocycles. The number of thioether (sulfide) groups is 1. The van der Waals surface area contributed by atoms with Gasteiger partial charge in [0, 0.05) is 12.3 Å². The molecule has 1 amide bonds. The molecule has 0 spiro atoms. The molecular formula is C22H19N3O3S. The van der Waals surface area contributed by atoms with Gasteiger partial charge in [-0.2, -0.15) is 0 Å². The first-order chi connectivity index (χ1) is 14.1. The van der Waals surface area contributed by atoms with Crippen molar-refractivity contribution in [1.82, 2.24) is 4.98 Å². The number of carbonyl (C=O) groups is 1. The van der Waals surface area contributed by atoms with Crippen molar-refractivity contribution in [2.45, 2.75) is 13.8 Å². The van der Waals surface area contributed by atoms with Gasteiger partial charge < -0.3 is 9.15 Å². The molecule has 0 radical (unpaired) electrons. The van der Waals surface area contributed by atoms with Gasteiger partial charge in [0.25, 0.3) is 5.91 Å². The van der Waals surface area contributed by atoms with Gasteiger partial charge in [-0.1, -0.05) is 6.07 Å². The van der Waals surface area contributed by atoms with Crippen molar-refractivity contribution < 1.29 is 13.9 Å². The molecule has 29 heavy (non-hydrogen) atoms. The van der Waals surface area contributed by atoms with Crippen molar-refractivity contribution in [3.05, 3.63) is 77.2 Å². The lowest BCUT2D eigenvalue weighted by Gasteiger charge is -2.16. The summed E-state index contributed by atoms with van der Waals surface area (Å²) in [6.45, 7) is 4.38. The van der Waals surface area contributed by atoms with Gasteiger partial charge >= 0.3 is 0 Å². The lowest BCUT2D eigenvalue weighted by atomic mass is 10.2. The summed E-state index contributed by atoms with van der Waals surface area (Å²) in [7, 11) is 0. The van der Waals surface area contributed by atoms with E-state index in [9.17, 15) is 4.79 Å². The summed E-state index contributed by atoms with van der Waals surface area (Å²) < 4.78 is 11.1. The van der Waals surface area contributed by atoms with E-state index in [1.165, 1.54) is 11.8 Å². The number of amides is 1. The van der Waals surface area contributed by atoms with E-state index in [0.29, 0.717) is 33.9 Å². The van der Waals surface area contributed by atoms with Gasteiger partial charge in [-0.15, -0.1) is 0 Å². The van der Waals surface area contributed by atoms with Crippen molar-refractivity contribution in [2.24, 2.45) is 4.99 Å². The van der Waals surface area contributed by atoms with Crippen LogP contribution in [-0.4, -0.2) is 22.7 Å². The highest BCUT2D eigenvalue weighted by atomic mass is 32.2. The fourth-order valence-electron chi connectivity index (χ4n) is 2.81. The molecule has 4 rings (SSSR count). The Morgan fingerprint density at radius 1 is 1.17 bits per heavy atom. The predicted octanol–water partition coefficient (Wildman–Crippen LogP) is 5.19. The van der Waals surface area contributed by atoms with E-state index >= 15 is 0 Å². The second-order valence-corrected chi connectivity index (χ2v) is 7.22. The number of anilines is 1. The largest absolute Gasteiger partial charge is 0.494 e. The fraction of sp³-hybridized carbons (Fsp3) is 0.136. The van der Waals surface area contributed by atoms with E-state index in [2.05, 4.69) is 9.98 Å². The molecule has 3 aromatic rings. The van der Waals surface area contributed by atoms with Gasteiger partial charge in [0.2, 0.25) is 0 Å². The van der Waals surface area contributed by atoms with Gasteiger partial charge in [0.1, 0.15) is 17.3 Å². The molecule has 1 aromatic carbocycles. The number of ether oxygens (including phenoxy) is 1. The SMILES string of the molecule is CCOc1ccc(N2C(=O)/C(=C/c3ccc(C)o3)S/C2=N\c2ccccn2)cc1. The number of aryl methyl sites for hydroxylation is 1. The molecule has 146 valence electrons. The van der Waals surface area contributed by atoms with Crippen LogP contribution in [0.15, 0.2) is 75.1 Å². The topological polar surface area (TPSA) is 67.9 Å². The first kappa shape index (κ1) is 19.0. The maximum Gasteiger partial charge on any atom is 0.271 e. The van der Waals surface area contributed by atoms with Crippen LogP contribution in [0.4, 0.5) is 11.5 Å². The minimum Gasteiger partial charge on any atom is -0.494 e. The number of pyridine rings is 1. The maximum atomic E-state index is 13.2. The van der Waals surface area contributed by atoms with Crippen LogP contribution in [0.2, 0.25) is 0 Å². The Balaban J connectivity index is 1.73. The first-order valence-corrected chi connectivity index (χ1v) is 9.98. The van der Waals surface area contributed by atoms with Crippen LogP contribution < -0.4 is 9.64 Å². The molecular weight excluding hydrogens is 386 g/mol. The van der Waals surface area contributed by atoms with E-state index in [-0.39, 0.29) is 5.91 Å². The maximum absolute atomic E-state index is 13.2. The highest BCUT2D eigenvalue weighted by Crippen LogP contribution is 2.37. The number of aromatic nitrogens is 1. The molecule has 0 atom stereocenters. The van der Waals surface area contributed by atoms with Crippen molar-refractivity contribution >= 4 is 40.4 Å². The van der Waals surface area contributed by atoms with Gasteiger partial charge in [0.15, 0.2) is 11.0 Å². The molecule has 0 aliphatic carbocycles. The van der Waals surface area contributed by atoms with Crippen LogP contribution in [0, 0.1) is 6.92 Å². The minimum atomic E-state index is -0.164. The average Bonchev–Trinajstić information content (AvgIpc) is 3.27. The lowest BCUT2D eigenvalue weighted by Crippen LogP contribution is -2.28. The molecule has 3 heterocycles. The summed E-state index contributed by atoms with van der Waals surface area (Å²) in [6, 6.07) is 16.6. The number of furan rings is 1. The normalized spacial score (nSPS) is 16.8. The van der Waals surface area contributed by atoms with Crippen LogP contribution >= 0.6 is 11.8 Å². The zero-order valence-corrected chi connectivity index (χ0v) is 16.8. The molecule has 1 saturated heterocycles. The Bertz CT molecular complexity index is 1070. The summed E-state index contributed by atoms with van der Waals surface area (Å²) in [6.07, 6.45) is 3.41. The van der Waals surface area contributed by atoms with E-state index in [1.54, 1.807) is 23.2 Å². The Morgan fingerprint density at radius 3 is 2.66 bits per heavy atom. The Morgan fingerprint density at radius 2 is 2.00 bits per heavy atom. The van der Waals surface area contributed by atoms with Crippen molar-refractivity contribution in [3.63, 3.8) is 0 Å². The molecule has 7 heteroatoms. The monoisotopic (exact) mass is 405 g/mol. The van der Waals surface area contributed by atoms with Crippen LogP contribution in [0.5, 0.6) is 5.75 Å². The second kappa shape index (κ2) is 8.36. The molecule has 0 bridgehead atoms. The summed E-state index contributed by atoms with van der Waals surface area (Å²) >= 11 is 1.29. The Kier molecular flexibility index (Phi) is 5.48. The van der Waals surface area contributed by atoms with E-state index in [4.69, 9.17) is 9.15 Å².